The van der Waals surface area contributed by atoms with Crippen LogP contribution in [0.1, 0.15) is 44.3 Å². The summed E-state index contributed by atoms with van der Waals surface area (Å²) in [4.78, 5) is 27.6. The molecule has 0 aliphatic heterocycles. The lowest BCUT2D eigenvalue weighted by molar-refractivity contribution is -0.274. The van der Waals surface area contributed by atoms with Crippen LogP contribution in [0.15, 0.2) is 66.9 Å². The number of nitrogens with one attached hydrogen (secondary N) is 2. The van der Waals surface area contributed by atoms with Crippen molar-refractivity contribution in [3.8, 4) is 23.3 Å². The Balaban J connectivity index is 1.67. The predicted octanol–water partition coefficient (Wildman–Crippen LogP) is 4.59. The van der Waals surface area contributed by atoms with E-state index in [4.69, 9.17) is 5.11 Å². The third-order valence-electron chi connectivity index (χ3n) is 6.05. The monoisotopic (exact) mass is 552 g/mol. The molecule has 1 aromatic heterocycles. The smallest absolute Gasteiger partial charge is 0.507 e. The molecule has 0 fully saturated rings. The first-order valence-corrected chi connectivity index (χ1v) is 11.8. The number of aliphatic hydroxyl groups excluding tert-OH is 1. The number of hydrogen-bond acceptors (Lipinski definition) is 5. The van der Waals surface area contributed by atoms with Crippen molar-refractivity contribution in [1.82, 2.24) is 10.3 Å². The van der Waals surface area contributed by atoms with Gasteiger partial charge in [-0.3, -0.25) is 4.79 Å². The molecule has 0 saturated heterocycles. The fourth-order valence-corrected chi connectivity index (χ4v) is 4.09. The van der Waals surface area contributed by atoms with Gasteiger partial charge in [0.15, 0.2) is 0 Å². The number of rotatable bonds is 7. The van der Waals surface area contributed by atoms with Crippen LogP contribution in [0, 0.1) is 11.8 Å². The molecule has 1 atom stereocenters. The number of aromatic nitrogens is 1. The summed E-state index contributed by atoms with van der Waals surface area (Å²) in [7, 11) is 0. The first-order valence-electron chi connectivity index (χ1n) is 11.8. The van der Waals surface area contributed by atoms with Crippen molar-refractivity contribution >= 4 is 22.8 Å². The van der Waals surface area contributed by atoms with Gasteiger partial charge in [0.1, 0.15) is 11.5 Å². The summed E-state index contributed by atoms with van der Waals surface area (Å²) in [6, 6.07) is 14.1. The summed E-state index contributed by atoms with van der Waals surface area (Å²) in [5.41, 5.74) is -0.211. The number of alkyl halides is 3. The molecule has 0 spiro atoms. The van der Waals surface area contributed by atoms with Gasteiger partial charge in [0.25, 0.3) is 5.91 Å². The molecule has 0 bridgehead atoms. The molecule has 8 nitrogen and oxygen atoms in total. The zero-order valence-corrected chi connectivity index (χ0v) is 21.0. The van der Waals surface area contributed by atoms with Gasteiger partial charge in [0.05, 0.1) is 28.8 Å². The van der Waals surface area contributed by atoms with Crippen LogP contribution in [0.2, 0.25) is 0 Å². The maximum atomic E-state index is 13.3. The van der Waals surface area contributed by atoms with E-state index in [2.05, 4.69) is 26.9 Å². The van der Waals surface area contributed by atoms with Crippen LogP contribution < -0.4 is 10.1 Å². The number of phenols is 1. The van der Waals surface area contributed by atoms with E-state index < -0.39 is 41.7 Å². The molecule has 1 heterocycles. The Labute approximate surface area is 226 Å². The molecule has 1 unspecified atom stereocenters. The molecule has 11 heteroatoms. The van der Waals surface area contributed by atoms with E-state index in [1.54, 1.807) is 13.1 Å². The summed E-state index contributed by atoms with van der Waals surface area (Å²) in [5.74, 6) is 1.91. The van der Waals surface area contributed by atoms with E-state index in [1.165, 1.54) is 12.1 Å². The molecular formula is C29H23F3N2O6. The number of fused-ring (bicyclic) bond motifs is 1. The number of carbonyl (C=O) groups excluding carboxylic acids is 1. The number of carbonyl (C=O) groups is 2. The fourth-order valence-electron chi connectivity index (χ4n) is 4.09. The Morgan fingerprint density at radius 2 is 1.80 bits per heavy atom. The van der Waals surface area contributed by atoms with Gasteiger partial charge in [-0.25, -0.2) is 4.79 Å². The minimum Gasteiger partial charge on any atom is -0.507 e. The number of halogens is 3. The van der Waals surface area contributed by atoms with Crippen molar-refractivity contribution in [2.45, 2.75) is 25.2 Å². The highest BCUT2D eigenvalue weighted by Gasteiger charge is 2.34. The number of amides is 1. The number of aromatic hydroxyl groups is 1. The number of aliphatic hydroxyl groups is 1. The molecule has 0 radical (unpaired) electrons. The van der Waals surface area contributed by atoms with Crippen molar-refractivity contribution in [2.24, 2.45) is 0 Å². The van der Waals surface area contributed by atoms with Gasteiger partial charge in [0, 0.05) is 22.7 Å². The number of aromatic carboxylic acids is 1. The number of phenolic OH excluding ortho intramolecular Hbond substituents is 1. The second kappa shape index (κ2) is 11.0. The molecule has 4 aromatic rings. The molecule has 0 aliphatic carbocycles. The topological polar surface area (TPSA) is 132 Å². The van der Waals surface area contributed by atoms with Crippen molar-refractivity contribution in [3.05, 3.63) is 94.7 Å². The number of benzene rings is 3. The highest BCUT2D eigenvalue weighted by atomic mass is 19.4. The fraction of sp³-hybridized carbons (Fsp3) is 0.172. The first kappa shape index (κ1) is 28.1. The minimum atomic E-state index is -5.09. The Morgan fingerprint density at radius 3 is 2.50 bits per heavy atom. The number of para-hydroxylation sites is 1. The Morgan fingerprint density at radius 1 is 1.05 bits per heavy atom. The van der Waals surface area contributed by atoms with Gasteiger partial charge in [-0.15, -0.1) is 13.2 Å². The molecule has 0 saturated carbocycles. The van der Waals surface area contributed by atoms with Crippen LogP contribution in [0.4, 0.5) is 13.2 Å². The average molecular weight is 553 g/mol. The Kier molecular flexibility index (Phi) is 7.74. The van der Waals surface area contributed by atoms with E-state index in [0.29, 0.717) is 0 Å². The molecule has 4 rings (SSSR count). The van der Waals surface area contributed by atoms with Crippen molar-refractivity contribution in [3.63, 3.8) is 0 Å². The highest BCUT2D eigenvalue weighted by Crippen LogP contribution is 2.29. The van der Waals surface area contributed by atoms with E-state index in [0.717, 1.165) is 40.7 Å². The number of ether oxygens (including phenoxy) is 1. The predicted molar refractivity (Wildman–Crippen MR) is 139 cm³/mol. The molecule has 0 aliphatic rings. The summed E-state index contributed by atoms with van der Waals surface area (Å²) in [6.45, 7) is 1.03. The molecule has 40 heavy (non-hydrogen) atoms. The third-order valence-corrected chi connectivity index (χ3v) is 6.05. The quantitative estimate of drug-likeness (QED) is 0.213. The van der Waals surface area contributed by atoms with Crippen LogP contribution in [-0.4, -0.2) is 50.7 Å². The average Bonchev–Trinajstić information content (AvgIpc) is 3.30. The largest absolute Gasteiger partial charge is 0.573 e. The van der Waals surface area contributed by atoms with Crippen LogP contribution in [0.5, 0.6) is 11.5 Å². The maximum Gasteiger partial charge on any atom is 0.573 e. The van der Waals surface area contributed by atoms with Crippen LogP contribution in [0.3, 0.4) is 0 Å². The second-order valence-corrected chi connectivity index (χ2v) is 9.25. The lowest BCUT2D eigenvalue weighted by atomic mass is 9.92. The summed E-state index contributed by atoms with van der Waals surface area (Å²) in [6.07, 6.45) is -3.20. The summed E-state index contributed by atoms with van der Waals surface area (Å²) in [5, 5.41) is 32.8. The van der Waals surface area contributed by atoms with Gasteiger partial charge in [-0.05, 0) is 61.4 Å². The number of carboxylic acids is 1. The van der Waals surface area contributed by atoms with Gasteiger partial charge >= 0.3 is 12.3 Å². The van der Waals surface area contributed by atoms with Crippen molar-refractivity contribution in [2.75, 3.05) is 6.61 Å². The van der Waals surface area contributed by atoms with E-state index >= 15 is 0 Å². The van der Waals surface area contributed by atoms with E-state index in [-0.39, 0.29) is 28.9 Å². The standard InChI is InChI=1S/C29H23F3N2O6/c1-28(16-35,14-20-15-33-23-5-3-2-4-21(20)23)34-26(37)22-12-17(7-11-25(22)40-29(30,31)32)6-8-18-13-19(27(38)39)9-10-24(18)36/h2-5,7,9-13,15,33,35-36H,14,16H2,1H3,(H,34,37)(H,38,39). The highest BCUT2D eigenvalue weighted by molar-refractivity contribution is 5.98. The van der Waals surface area contributed by atoms with Gasteiger partial charge in [-0.1, -0.05) is 30.0 Å². The Bertz CT molecular complexity index is 1650. The van der Waals surface area contributed by atoms with Gasteiger partial charge in [-0.2, -0.15) is 0 Å². The zero-order valence-electron chi connectivity index (χ0n) is 21.0. The SMILES string of the molecule is CC(CO)(Cc1c[nH]c2ccccc12)NC(=O)c1cc(C#Cc2cc(C(=O)O)ccc2O)ccc1OC(F)(F)F. The molecule has 206 valence electrons. The van der Waals surface area contributed by atoms with Crippen molar-refractivity contribution in [1.29, 1.82) is 0 Å². The van der Waals surface area contributed by atoms with E-state index in [1.807, 2.05) is 24.3 Å². The summed E-state index contributed by atoms with van der Waals surface area (Å²) >= 11 is 0. The number of hydrogen-bond donors (Lipinski definition) is 5. The van der Waals surface area contributed by atoms with Crippen LogP contribution in [-0.2, 0) is 6.42 Å². The lowest BCUT2D eigenvalue weighted by Gasteiger charge is -2.29. The maximum absolute atomic E-state index is 13.3. The van der Waals surface area contributed by atoms with E-state index in [9.17, 15) is 33.0 Å². The van der Waals surface area contributed by atoms with Gasteiger partial charge in [0.2, 0.25) is 0 Å². The summed E-state index contributed by atoms with van der Waals surface area (Å²) < 4.78 is 43.4. The first-order chi connectivity index (χ1) is 18.9. The number of carboxylic acid groups (broad SMARTS) is 1. The second-order valence-electron chi connectivity index (χ2n) is 9.25. The third kappa shape index (κ3) is 6.54. The van der Waals surface area contributed by atoms with Gasteiger partial charge < -0.3 is 30.4 Å². The normalized spacial score (nSPS) is 12.7. The van der Waals surface area contributed by atoms with Crippen LogP contribution in [0.25, 0.3) is 10.9 Å². The Hall–Kier alpha value is -4.95. The number of H-pyrrole nitrogens is 1. The number of aromatic amines is 1. The lowest BCUT2D eigenvalue weighted by Crippen LogP contribution is -2.50. The molecule has 3 aromatic carbocycles. The van der Waals surface area contributed by atoms with Crippen molar-refractivity contribution < 1.29 is 42.8 Å². The zero-order chi connectivity index (χ0) is 29.1. The molecular weight excluding hydrogens is 529 g/mol. The molecule has 1 amide bonds. The molecule has 5 N–H and O–H groups in total. The minimum absolute atomic E-state index is 0.0342. The van der Waals surface area contributed by atoms with Crippen LogP contribution >= 0.6 is 0 Å².